The van der Waals surface area contributed by atoms with Crippen molar-refractivity contribution in [2.24, 2.45) is 4.99 Å². The van der Waals surface area contributed by atoms with Crippen LogP contribution in [0.5, 0.6) is 11.5 Å². The first-order valence-electron chi connectivity index (χ1n) is 9.13. The number of nitrogens with one attached hydrogen (secondary N) is 2. The first-order valence-corrected chi connectivity index (χ1v) is 9.13. The van der Waals surface area contributed by atoms with Crippen LogP contribution < -0.4 is 20.1 Å². The van der Waals surface area contributed by atoms with E-state index in [1.165, 1.54) is 18.4 Å². The summed E-state index contributed by atoms with van der Waals surface area (Å²) in [7, 11) is 0. The van der Waals surface area contributed by atoms with Gasteiger partial charge in [-0.2, -0.15) is 0 Å². The predicted molar refractivity (Wildman–Crippen MR) is 116 cm³/mol. The molecule has 1 aliphatic heterocycles. The van der Waals surface area contributed by atoms with Crippen LogP contribution in [-0.2, 0) is 5.41 Å². The van der Waals surface area contributed by atoms with Gasteiger partial charge in [0.1, 0.15) is 13.2 Å². The maximum atomic E-state index is 5.78. The fraction of sp³-hybridized carbons (Fsp3) is 0.550. The van der Waals surface area contributed by atoms with Crippen LogP contribution in [0, 0.1) is 12.3 Å². The summed E-state index contributed by atoms with van der Waals surface area (Å²) < 4.78 is 11.4. The van der Waals surface area contributed by atoms with Crippen molar-refractivity contribution in [3.05, 3.63) is 23.8 Å². The molecule has 1 heterocycles. The summed E-state index contributed by atoms with van der Waals surface area (Å²) in [6.07, 6.45) is 10.1. The summed E-state index contributed by atoms with van der Waals surface area (Å²) in [6, 6.07) is 6.36. The van der Waals surface area contributed by atoms with E-state index in [1.807, 2.05) is 6.07 Å². The molecule has 0 atom stereocenters. The molecule has 26 heavy (non-hydrogen) atoms. The van der Waals surface area contributed by atoms with Gasteiger partial charge in [-0.3, -0.25) is 4.99 Å². The van der Waals surface area contributed by atoms with Crippen LogP contribution in [0.4, 0.5) is 0 Å². The number of hydrogen-bond acceptors (Lipinski definition) is 3. The monoisotopic (exact) mass is 469 g/mol. The highest BCUT2D eigenvalue weighted by Gasteiger charge is 2.36. The highest BCUT2D eigenvalue weighted by atomic mass is 127. The zero-order valence-corrected chi connectivity index (χ0v) is 17.7. The van der Waals surface area contributed by atoms with E-state index in [0.29, 0.717) is 19.8 Å². The van der Waals surface area contributed by atoms with Gasteiger partial charge < -0.3 is 20.1 Å². The van der Waals surface area contributed by atoms with Crippen molar-refractivity contribution in [3.63, 3.8) is 0 Å². The highest BCUT2D eigenvalue weighted by molar-refractivity contribution is 14.0. The third-order valence-electron chi connectivity index (χ3n) is 4.96. The van der Waals surface area contributed by atoms with E-state index in [2.05, 4.69) is 35.6 Å². The minimum Gasteiger partial charge on any atom is -0.486 e. The second-order valence-electron chi connectivity index (χ2n) is 6.60. The Labute approximate surface area is 173 Å². The Balaban J connectivity index is 0.00000243. The number of aliphatic imine (C=N–C) groups is 1. The molecule has 0 bridgehead atoms. The second kappa shape index (κ2) is 9.91. The number of terminal acetylenes is 1. The molecule has 6 heteroatoms. The Morgan fingerprint density at radius 2 is 1.92 bits per heavy atom. The number of nitrogens with zero attached hydrogens (tertiary/aromatic N) is 1. The lowest BCUT2D eigenvalue weighted by Gasteiger charge is -2.30. The fourth-order valence-electron chi connectivity index (χ4n) is 3.67. The Morgan fingerprint density at radius 3 is 2.62 bits per heavy atom. The summed E-state index contributed by atoms with van der Waals surface area (Å²) in [6.45, 7) is 5.32. The van der Waals surface area contributed by atoms with Gasteiger partial charge in [-0.25, -0.2) is 0 Å². The lowest BCUT2D eigenvalue weighted by atomic mass is 9.79. The van der Waals surface area contributed by atoms with Crippen molar-refractivity contribution in [2.45, 2.75) is 38.0 Å². The molecule has 0 amide bonds. The average Bonchev–Trinajstić information content (AvgIpc) is 3.14. The van der Waals surface area contributed by atoms with E-state index < -0.39 is 0 Å². The van der Waals surface area contributed by atoms with E-state index in [1.54, 1.807) is 0 Å². The molecule has 0 radical (unpaired) electrons. The summed E-state index contributed by atoms with van der Waals surface area (Å²) in [5, 5.41) is 6.43. The SMILES string of the molecule is C#CCNC(=NCC1(c2ccc3c(c2)OCCO3)CCCC1)NCC.I. The number of rotatable bonds is 5. The summed E-state index contributed by atoms with van der Waals surface area (Å²) in [5.41, 5.74) is 1.36. The molecule has 1 saturated carbocycles. The molecule has 1 fully saturated rings. The smallest absolute Gasteiger partial charge is 0.192 e. The molecule has 1 aliphatic carbocycles. The maximum absolute atomic E-state index is 5.78. The van der Waals surface area contributed by atoms with Crippen LogP contribution in [-0.4, -0.2) is 38.8 Å². The Hall–Kier alpha value is -1.62. The molecule has 1 aromatic rings. The third kappa shape index (κ3) is 4.76. The molecule has 2 aliphatic rings. The molecular weight excluding hydrogens is 441 g/mol. The molecule has 0 unspecified atom stereocenters. The van der Waals surface area contributed by atoms with Crippen LogP contribution in [0.3, 0.4) is 0 Å². The van der Waals surface area contributed by atoms with E-state index in [-0.39, 0.29) is 29.4 Å². The van der Waals surface area contributed by atoms with Gasteiger partial charge in [0.25, 0.3) is 0 Å². The van der Waals surface area contributed by atoms with Gasteiger partial charge in [0.2, 0.25) is 0 Å². The van der Waals surface area contributed by atoms with Crippen molar-refractivity contribution < 1.29 is 9.47 Å². The standard InChI is InChI=1S/C20H27N3O2.HI/c1-3-11-22-19(21-4-2)23-15-20(9-5-6-10-20)16-7-8-17-18(14-16)25-13-12-24-17;/h1,7-8,14H,4-6,9-13,15H2,2H3,(H2,21,22,23);1H. The van der Waals surface area contributed by atoms with Crippen molar-refractivity contribution in [2.75, 3.05) is 32.8 Å². The van der Waals surface area contributed by atoms with Crippen LogP contribution in [0.25, 0.3) is 0 Å². The van der Waals surface area contributed by atoms with Gasteiger partial charge in [-0.1, -0.05) is 24.8 Å². The van der Waals surface area contributed by atoms with Gasteiger partial charge in [-0.05, 0) is 37.5 Å². The molecular formula is C20H28IN3O2. The van der Waals surface area contributed by atoms with Crippen LogP contribution in [0.1, 0.15) is 38.2 Å². The fourth-order valence-corrected chi connectivity index (χ4v) is 3.67. The zero-order chi connectivity index (χ0) is 17.5. The first kappa shape index (κ1) is 20.7. The molecule has 0 saturated heterocycles. The van der Waals surface area contributed by atoms with Crippen LogP contribution >= 0.6 is 24.0 Å². The first-order chi connectivity index (χ1) is 12.3. The predicted octanol–water partition coefficient (Wildman–Crippen LogP) is 3.08. The van der Waals surface area contributed by atoms with Gasteiger partial charge in [0.15, 0.2) is 17.5 Å². The zero-order valence-electron chi connectivity index (χ0n) is 15.3. The summed E-state index contributed by atoms with van der Waals surface area (Å²) in [5.74, 6) is 5.08. The minimum absolute atomic E-state index is 0. The van der Waals surface area contributed by atoms with Gasteiger partial charge >= 0.3 is 0 Å². The van der Waals surface area contributed by atoms with Gasteiger partial charge in [-0.15, -0.1) is 30.4 Å². The van der Waals surface area contributed by atoms with Crippen molar-refractivity contribution in [3.8, 4) is 23.8 Å². The molecule has 0 spiro atoms. The van der Waals surface area contributed by atoms with Crippen molar-refractivity contribution in [1.82, 2.24) is 10.6 Å². The molecule has 142 valence electrons. The largest absolute Gasteiger partial charge is 0.486 e. The summed E-state index contributed by atoms with van der Waals surface area (Å²) in [4.78, 5) is 4.82. The number of halogens is 1. The van der Waals surface area contributed by atoms with Crippen LogP contribution in [0.15, 0.2) is 23.2 Å². The minimum atomic E-state index is 0. The number of ether oxygens (including phenoxy) is 2. The van der Waals surface area contributed by atoms with E-state index >= 15 is 0 Å². The lowest BCUT2D eigenvalue weighted by Crippen LogP contribution is -2.39. The molecule has 1 aromatic carbocycles. The molecule has 2 N–H and O–H groups in total. The molecule has 5 nitrogen and oxygen atoms in total. The highest BCUT2D eigenvalue weighted by Crippen LogP contribution is 2.44. The van der Waals surface area contributed by atoms with Crippen LogP contribution in [0.2, 0.25) is 0 Å². The Bertz CT molecular complexity index is 664. The quantitative estimate of drug-likeness (QED) is 0.301. The number of benzene rings is 1. The Morgan fingerprint density at radius 1 is 1.19 bits per heavy atom. The Kier molecular flexibility index (Phi) is 7.88. The third-order valence-corrected chi connectivity index (χ3v) is 4.96. The lowest BCUT2D eigenvalue weighted by molar-refractivity contribution is 0.171. The van der Waals surface area contributed by atoms with E-state index in [0.717, 1.165) is 43.4 Å². The van der Waals surface area contributed by atoms with Crippen molar-refractivity contribution in [1.29, 1.82) is 0 Å². The number of fused-ring (bicyclic) bond motifs is 1. The number of guanidine groups is 1. The van der Waals surface area contributed by atoms with Gasteiger partial charge in [0.05, 0.1) is 13.1 Å². The average molecular weight is 469 g/mol. The topological polar surface area (TPSA) is 54.9 Å². The molecule has 3 rings (SSSR count). The second-order valence-corrected chi connectivity index (χ2v) is 6.60. The van der Waals surface area contributed by atoms with E-state index in [4.69, 9.17) is 20.9 Å². The molecule has 0 aromatic heterocycles. The van der Waals surface area contributed by atoms with Crippen molar-refractivity contribution >= 4 is 29.9 Å². The normalized spacial score (nSPS) is 17.8. The number of hydrogen-bond donors (Lipinski definition) is 2. The summed E-state index contributed by atoms with van der Waals surface area (Å²) >= 11 is 0. The van der Waals surface area contributed by atoms with Gasteiger partial charge in [0, 0.05) is 12.0 Å². The van der Waals surface area contributed by atoms with E-state index in [9.17, 15) is 0 Å². The maximum Gasteiger partial charge on any atom is 0.192 e.